The second-order valence-electron chi connectivity index (χ2n) is 4.93. The average molecular weight is 268 g/mol. The van der Waals surface area contributed by atoms with Gasteiger partial charge in [0.25, 0.3) is 0 Å². The molecule has 0 radical (unpaired) electrons. The third kappa shape index (κ3) is 2.18. The van der Waals surface area contributed by atoms with E-state index >= 15 is 0 Å². The van der Waals surface area contributed by atoms with Crippen LogP contribution in [-0.4, -0.2) is 5.11 Å². The summed E-state index contributed by atoms with van der Waals surface area (Å²) in [7, 11) is 0. The lowest BCUT2D eigenvalue weighted by Crippen LogP contribution is -1.99. The van der Waals surface area contributed by atoms with Crippen LogP contribution in [-0.2, 0) is 0 Å². The first-order valence-corrected chi connectivity index (χ1v) is 7.26. The van der Waals surface area contributed by atoms with Crippen molar-refractivity contribution in [3.8, 4) is 0 Å². The van der Waals surface area contributed by atoms with Gasteiger partial charge in [-0.25, -0.2) is 0 Å². The number of aliphatic hydroxyl groups is 1. The van der Waals surface area contributed by atoms with Crippen LogP contribution in [0.5, 0.6) is 0 Å². The summed E-state index contributed by atoms with van der Waals surface area (Å²) in [5, 5.41) is 13.8. The minimum absolute atomic E-state index is 0.546. The maximum Gasteiger partial charge on any atom is 0.105 e. The summed E-state index contributed by atoms with van der Waals surface area (Å²) in [6, 6.07) is 14.4. The largest absolute Gasteiger partial charge is 0.384 e. The van der Waals surface area contributed by atoms with Crippen molar-refractivity contribution in [2.24, 2.45) is 0 Å². The van der Waals surface area contributed by atoms with E-state index < -0.39 is 6.10 Å². The van der Waals surface area contributed by atoms with Crippen molar-refractivity contribution in [1.82, 2.24) is 0 Å². The maximum absolute atomic E-state index is 10.6. The molecule has 0 aliphatic heterocycles. The van der Waals surface area contributed by atoms with Gasteiger partial charge in [0, 0.05) is 10.3 Å². The average Bonchev–Trinajstić information content (AvgIpc) is 2.85. The normalized spacial score (nSPS) is 12.8. The summed E-state index contributed by atoms with van der Waals surface area (Å²) in [6.45, 7) is 4.17. The predicted octanol–water partition coefficient (Wildman–Crippen LogP) is 4.60. The molecule has 0 saturated carbocycles. The smallest absolute Gasteiger partial charge is 0.105 e. The van der Waals surface area contributed by atoms with Crippen LogP contribution in [0.15, 0.2) is 47.8 Å². The molecule has 2 aromatic carbocycles. The van der Waals surface area contributed by atoms with Crippen LogP contribution in [0.2, 0.25) is 0 Å². The molecule has 96 valence electrons. The summed E-state index contributed by atoms with van der Waals surface area (Å²) in [4.78, 5) is 0. The molecule has 2 heteroatoms. The Hall–Kier alpha value is -1.64. The lowest BCUT2D eigenvalue weighted by Gasteiger charge is -2.12. The van der Waals surface area contributed by atoms with Gasteiger partial charge in [-0.15, -0.1) is 11.3 Å². The summed E-state index contributed by atoms with van der Waals surface area (Å²) < 4.78 is 1.22. The Morgan fingerprint density at radius 2 is 1.79 bits per heavy atom. The first-order chi connectivity index (χ1) is 9.16. The molecule has 0 fully saturated rings. The van der Waals surface area contributed by atoms with Crippen molar-refractivity contribution >= 4 is 21.4 Å². The summed E-state index contributed by atoms with van der Waals surface area (Å²) in [5.74, 6) is 0. The fourth-order valence-electron chi connectivity index (χ4n) is 2.32. The zero-order chi connectivity index (χ0) is 13.4. The van der Waals surface area contributed by atoms with Crippen LogP contribution in [0.4, 0.5) is 0 Å². The molecule has 1 heterocycles. The minimum Gasteiger partial charge on any atom is -0.384 e. The molecule has 1 nitrogen and oxygen atoms in total. The second-order valence-corrected chi connectivity index (χ2v) is 5.84. The van der Waals surface area contributed by atoms with Gasteiger partial charge in [0.2, 0.25) is 0 Å². The molecule has 0 spiro atoms. The lowest BCUT2D eigenvalue weighted by atomic mass is 9.97. The van der Waals surface area contributed by atoms with E-state index in [1.807, 2.05) is 18.2 Å². The number of benzene rings is 2. The zero-order valence-corrected chi connectivity index (χ0v) is 11.9. The Balaban J connectivity index is 2.08. The van der Waals surface area contributed by atoms with Gasteiger partial charge in [-0.2, -0.15) is 0 Å². The van der Waals surface area contributed by atoms with Gasteiger partial charge in [-0.05, 0) is 47.4 Å². The molecule has 1 atom stereocenters. The maximum atomic E-state index is 10.6. The SMILES string of the molecule is Cc1ccc(C(O)c2csc3ccccc23)cc1C. The molecule has 3 rings (SSSR count). The van der Waals surface area contributed by atoms with Crippen molar-refractivity contribution in [1.29, 1.82) is 0 Å². The molecular formula is C17H16OS. The monoisotopic (exact) mass is 268 g/mol. The molecule has 0 bridgehead atoms. The molecule has 0 amide bonds. The number of rotatable bonds is 2. The van der Waals surface area contributed by atoms with Crippen LogP contribution in [0.1, 0.15) is 28.4 Å². The Kier molecular flexibility index (Phi) is 3.13. The lowest BCUT2D eigenvalue weighted by molar-refractivity contribution is 0.222. The highest BCUT2D eigenvalue weighted by Gasteiger charge is 2.15. The first-order valence-electron chi connectivity index (χ1n) is 6.38. The Bertz CT molecular complexity index is 727. The summed E-state index contributed by atoms with van der Waals surface area (Å²) in [6.07, 6.45) is -0.546. The van der Waals surface area contributed by atoms with Gasteiger partial charge < -0.3 is 5.11 Å². The minimum atomic E-state index is -0.546. The van der Waals surface area contributed by atoms with Gasteiger partial charge in [0.15, 0.2) is 0 Å². The standard InChI is InChI=1S/C17H16OS/c1-11-7-8-13(9-12(11)2)17(18)15-10-19-16-6-4-3-5-14(15)16/h3-10,17-18H,1-2H3. The quantitative estimate of drug-likeness (QED) is 0.720. The molecule has 0 saturated heterocycles. The van der Waals surface area contributed by atoms with Crippen molar-refractivity contribution < 1.29 is 5.11 Å². The van der Waals surface area contributed by atoms with Crippen LogP contribution in [0, 0.1) is 13.8 Å². The number of thiophene rings is 1. The van der Waals surface area contributed by atoms with E-state index in [2.05, 4.69) is 43.5 Å². The van der Waals surface area contributed by atoms with E-state index in [4.69, 9.17) is 0 Å². The van der Waals surface area contributed by atoms with E-state index in [9.17, 15) is 5.11 Å². The number of fused-ring (bicyclic) bond motifs is 1. The number of hydrogen-bond donors (Lipinski definition) is 1. The van der Waals surface area contributed by atoms with E-state index in [0.29, 0.717) is 0 Å². The highest BCUT2D eigenvalue weighted by molar-refractivity contribution is 7.17. The highest BCUT2D eigenvalue weighted by Crippen LogP contribution is 2.33. The van der Waals surface area contributed by atoms with Crippen molar-refractivity contribution in [2.45, 2.75) is 20.0 Å². The third-order valence-electron chi connectivity index (χ3n) is 3.65. The van der Waals surface area contributed by atoms with Crippen molar-refractivity contribution in [3.05, 3.63) is 70.1 Å². The molecular weight excluding hydrogens is 252 g/mol. The molecule has 1 unspecified atom stereocenters. The number of aliphatic hydroxyl groups excluding tert-OH is 1. The van der Waals surface area contributed by atoms with E-state index in [-0.39, 0.29) is 0 Å². The molecule has 19 heavy (non-hydrogen) atoms. The van der Waals surface area contributed by atoms with E-state index in [1.54, 1.807) is 11.3 Å². The van der Waals surface area contributed by atoms with Crippen LogP contribution in [0.25, 0.3) is 10.1 Å². The van der Waals surface area contributed by atoms with Crippen LogP contribution in [0.3, 0.4) is 0 Å². The fraction of sp³-hybridized carbons (Fsp3) is 0.176. The zero-order valence-electron chi connectivity index (χ0n) is 11.1. The molecule has 3 aromatic rings. The first kappa shape index (κ1) is 12.4. The molecule has 1 N–H and O–H groups in total. The number of hydrogen-bond acceptors (Lipinski definition) is 2. The summed E-state index contributed by atoms with van der Waals surface area (Å²) in [5.41, 5.74) is 4.44. The van der Waals surface area contributed by atoms with Crippen LogP contribution < -0.4 is 0 Å². The van der Waals surface area contributed by atoms with Gasteiger partial charge in [0.05, 0.1) is 0 Å². The van der Waals surface area contributed by atoms with Gasteiger partial charge in [-0.3, -0.25) is 0 Å². The topological polar surface area (TPSA) is 20.2 Å². The Morgan fingerprint density at radius 3 is 2.58 bits per heavy atom. The van der Waals surface area contributed by atoms with E-state index in [0.717, 1.165) is 16.5 Å². The fourth-order valence-corrected chi connectivity index (χ4v) is 3.30. The molecule has 1 aromatic heterocycles. The third-order valence-corrected chi connectivity index (χ3v) is 4.63. The summed E-state index contributed by atoms with van der Waals surface area (Å²) >= 11 is 1.68. The van der Waals surface area contributed by atoms with Gasteiger partial charge in [-0.1, -0.05) is 36.4 Å². The van der Waals surface area contributed by atoms with E-state index in [1.165, 1.54) is 15.8 Å². The van der Waals surface area contributed by atoms with Crippen molar-refractivity contribution in [2.75, 3.05) is 0 Å². The van der Waals surface area contributed by atoms with Crippen LogP contribution >= 0.6 is 11.3 Å². The predicted molar refractivity (Wildman–Crippen MR) is 81.8 cm³/mol. The molecule has 0 aliphatic carbocycles. The number of aryl methyl sites for hydroxylation is 2. The van der Waals surface area contributed by atoms with Gasteiger partial charge in [0.1, 0.15) is 6.10 Å². The second kappa shape index (κ2) is 4.80. The van der Waals surface area contributed by atoms with Gasteiger partial charge >= 0.3 is 0 Å². The van der Waals surface area contributed by atoms with Crippen molar-refractivity contribution in [3.63, 3.8) is 0 Å². The highest BCUT2D eigenvalue weighted by atomic mass is 32.1. The molecule has 0 aliphatic rings. The Labute approximate surface area is 117 Å². The Morgan fingerprint density at radius 1 is 1.00 bits per heavy atom.